The Kier molecular flexibility index (Phi) is 6.81. The fourth-order valence-electron chi connectivity index (χ4n) is 4.14. The second kappa shape index (κ2) is 9.79. The number of benzene rings is 2. The van der Waals surface area contributed by atoms with Gasteiger partial charge in [0.15, 0.2) is 0 Å². The van der Waals surface area contributed by atoms with Crippen LogP contribution in [0.3, 0.4) is 0 Å². The molecule has 2 heterocycles. The average molecular weight is 471 g/mol. The summed E-state index contributed by atoms with van der Waals surface area (Å²) in [5, 5.41) is 6.97. The highest BCUT2D eigenvalue weighted by molar-refractivity contribution is 6.06. The van der Waals surface area contributed by atoms with Crippen molar-refractivity contribution in [3.8, 4) is 11.4 Å². The number of aryl methyl sites for hydroxylation is 2. The number of ether oxygens (including phenoxy) is 1. The van der Waals surface area contributed by atoms with Crippen molar-refractivity contribution in [2.75, 3.05) is 5.32 Å². The predicted molar refractivity (Wildman–Crippen MR) is 125 cm³/mol. The lowest BCUT2D eigenvalue weighted by Gasteiger charge is -2.18. The zero-order valence-corrected chi connectivity index (χ0v) is 19.5. The van der Waals surface area contributed by atoms with E-state index in [1.165, 1.54) is 18.2 Å². The minimum absolute atomic E-state index is 0.0510. The van der Waals surface area contributed by atoms with E-state index in [4.69, 9.17) is 4.74 Å². The van der Waals surface area contributed by atoms with Gasteiger partial charge in [0.1, 0.15) is 28.9 Å². The molecule has 180 valence electrons. The molecule has 1 amide bonds. The minimum Gasteiger partial charge on any atom is -0.490 e. The molecule has 7 nitrogen and oxygen atoms in total. The van der Waals surface area contributed by atoms with E-state index in [9.17, 15) is 14.0 Å². The Morgan fingerprint density at radius 1 is 1.24 bits per heavy atom. The van der Waals surface area contributed by atoms with E-state index in [1.54, 1.807) is 17.6 Å². The third kappa shape index (κ3) is 4.73. The summed E-state index contributed by atoms with van der Waals surface area (Å²) in [6.45, 7) is 6.13. The molecule has 1 atom stereocenters. The van der Waals surface area contributed by atoms with Crippen molar-refractivity contribution in [2.45, 2.75) is 65.5 Å². The number of halogens is 2. The number of nitrogens with zero attached hydrogens (tertiary/aromatic N) is 3. The molecule has 1 N–H and O–H groups in total. The molecule has 2 aromatic carbocycles. The van der Waals surface area contributed by atoms with Crippen LogP contribution in [0.2, 0.25) is 0 Å². The van der Waals surface area contributed by atoms with Crippen molar-refractivity contribution in [3.63, 3.8) is 0 Å². The largest absolute Gasteiger partial charge is 0.490 e. The fraction of sp³-hybridized carbons (Fsp3) is 0.400. The maximum Gasteiger partial charge on any atom is 0.350 e. The number of hydrogen-bond acceptors (Lipinski definition) is 4. The standard InChI is InChI=1S/C25H28F2N4O3/c1-4-7-16(3)34-22-14-21(31-25(33)30-11-6-5-8-23(30)29-31)19(27)13-18(22)24(32)28-20-12-17(26)10-9-15(20)2/h9-10,12-14,16H,4-8,11H2,1-3H3,(H,28,32)/t16-/m0/s1. The molecule has 0 saturated heterocycles. The summed E-state index contributed by atoms with van der Waals surface area (Å²) in [6, 6.07) is 6.42. The molecule has 0 bridgehead atoms. The second-order valence-corrected chi connectivity index (χ2v) is 8.65. The Balaban J connectivity index is 1.77. The molecule has 1 aromatic heterocycles. The fourth-order valence-corrected chi connectivity index (χ4v) is 4.14. The van der Waals surface area contributed by atoms with E-state index in [-0.39, 0.29) is 28.8 Å². The summed E-state index contributed by atoms with van der Waals surface area (Å²) >= 11 is 0. The first-order valence-electron chi connectivity index (χ1n) is 11.5. The molecule has 3 aromatic rings. The second-order valence-electron chi connectivity index (χ2n) is 8.65. The zero-order chi connectivity index (χ0) is 24.4. The summed E-state index contributed by atoms with van der Waals surface area (Å²) < 4.78 is 37.6. The Bertz CT molecular complexity index is 1280. The van der Waals surface area contributed by atoms with Crippen LogP contribution in [0.1, 0.15) is 61.3 Å². The Morgan fingerprint density at radius 3 is 2.76 bits per heavy atom. The van der Waals surface area contributed by atoms with Gasteiger partial charge in [0.05, 0.1) is 11.7 Å². The SMILES string of the molecule is CCC[C@H](C)Oc1cc(-n2nc3n(c2=O)CCCC3)c(F)cc1C(=O)Nc1cc(F)ccc1C. The molecule has 9 heteroatoms. The summed E-state index contributed by atoms with van der Waals surface area (Å²) in [5.74, 6) is -1.19. The van der Waals surface area contributed by atoms with E-state index >= 15 is 4.39 Å². The van der Waals surface area contributed by atoms with Crippen molar-refractivity contribution < 1.29 is 18.3 Å². The molecule has 0 saturated carbocycles. The topological polar surface area (TPSA) is 78.2 Å². The molecule has 0 fully saturated rings. The lowest BCUT2D eigenvalue weighted by atomic mass is 10.1. The number of nitrogens with one attached hydrogen (secondary N) is 1. The predicted octanol–water partition coefficient (Wildman–Crippen LogP) is 4.78. The summed E-state index contributed by atoms with van der Waals surface area (Å²) in [4.78, 5) is 26.0. The molecule has 0 aliphatic carbocycles. The highest BCUT2D eigenvalue weighted by Gasteiger charge is 2.24. The number of hydrogen-bond donors (Lipinski definition) is 1. The molecule has 1 aliphatic heterocycles. The molecule has 0 radical (unpaired) electrons. The third-order valence-electron chi connectivity index (χ3n) is 5.96. The molecule has 34 heavy (non-hydrogen) atoms. The molecule has 4 rings (SSSR count). The molecular formula is C25H28F2N4O3. The van der Waals surface area contributed by atoms with Crippen LogP contribution in [-0.2, 0) is 13.0 Å². The van der Waals surface area contributed by atoms with Gasteiger partial charge in [-0.3, -0.25) is 9.36 Å². The normalized spacial score (nSPS) is 13.9. The molecular weight excluding hydrogens is 442 g/mol. The van der Waals surface area contributed by atoms with Crippen molar-refractivity contribution in [1.29, 1.82) is 0 Å². The Labute approximate surface area is 196 Å². The van der Waals surface area contributed by atoms with E-state index in [1.807, 2.05) is 13.8 Å². The number of rotatable bonds is 7. The zero-order valence-electron chi connectivity index (χ0n) is 19.5. The first-order chi connectivity index (χ1) is 16.3. The van der Waals surface area contributed by atoms with Crippen molar-refractivity contribution in [2.24, 2.45) is 0 Å². The number of amides is 1. The van der Waals surface area contributed by atoms with Gasteiger partial charge in [-0.2, -0.15) is 4.68 Å². The number of aromatic nitrogens is 3. The van der Waals surface area contributed by atoms with Gasteiger partial charge in [0.2, 0.25) is 0 Å². The van der Waals surface area contributed by atoms with Gasteiger partial charge in [-0.05, 0) is 56.9 Å². The monoisotopic (exact) mass is 470 g/mol. The number of carbonyl (C=O) groups is 1. The van der Waals surface area contributed by atoms with Crippen LogP contribution in [-0.4, -0.2) is 26.4 Å². The first-order valence-corrected chi connectivity index (χ1v) is 11.5. The van der Waals surface area contributed by atoms with Crippen LogP contribution in [0, 0.1) is 18.6 Å². The third-order valence-corrected chi connectivity index (χ3v) is 5.96. The van der Waals surface area contributed by atoms with E-state index in [2.05, 4.69) is 10.4 Å². The number of carbonyl (C=O) groups excluding carboxylic acids is 1. The number of anilines is 1. The van der Waals surface area contributed by atoms with Gasteiger partial charge in [0, 0.05) is 24.7 Å². The van der Waals surface area contributed by atoms with Gasteiger partial charge in [-0.25, -0.2) is 13.6 Å². The van der Waals surface area contributed by atoms with E-state index in [0.29, 0.717) is 24.4 Å². The van der Waals surface area contributed by atoms with Crippen molar-refractivity contribution >= 4 is 11.6 Å². The van der Waals surface area contributed by atoms with Crippen molar-refractivity contribution in [3.05, 3.63) is 69.4 Å². The Hall–Kier alpha value is -3.49. The van der Waals surface area contributed by atoms with Crippen molar-refractivity contribution in [1.82, 2.24) is 14.3 Å². The minimum atomic E-state index is -0.783. The van der Waals surface area contributed by atoms with Crippen LogP contribution in [0.4, 0.5) is 14.5 Å². The summed E-state index contributed by atoms with van der Waals surface area (Å²) in [5.41, 5.74) is 0.381. The van der Waals surface area contributed by atoms with Crippen LogP contribution >= 0.6 is 0 Å². The van der Waals surface area contributed by atoms with E-state index < -0.39 is 23.2 Å². The van der Waals surface area contributed by atoms with Crippen LogP contribution < -0.4 is 15.7 Å². The molecule has 0 unspecified atom stereocenters. The van der Waals surface area contributed by atoms with Gasteiger partial charge in [0.25, 0.3) is 5.91 Å². The average Bonchev–Trinajstić information content (AvgIpc) is 3.13. The highest BCUT2D eigenvalue weighted by atomic mass is 19.1. The van der Waals surface area contributed by atoms with Gasteiger partial charge >= 0.3 is 5.69 Å². The molecule has 0 spiro atoms. The first kappa shape index (κ1) is 23.7. The summed E-state index contributed by atoms with van der Waals surface area (Å²) in [6.07, 6.45) is 3.75. The highest BCUT2D eigenvalue weighted by Crippen LogP contribution is 2.29. The lowest BCUT2D eigenvalue weighted by Crippen LogP contribution is -2.27. The van der Waals surface area contributed by atoms with Gasteiger partial charge in [-0.1, -0.05) is 19.4 Å². The maximum atomic E-state index is 15.3. The smallest absolute Gasteiger partial charge is 0.350 e. The van der Waals surface area contributed by atoms with Crippen LogP contribution in [0.15, 0.2) is 35.1 Å². The quantitative estimate of drug-likeness (QED) is 0.539. The van der Waals surface area contributed by atoms with E-state index in [0.717, 1.165) is 36.4 Å². The van der Waals surface area contributed by atoms with Crippen LogP contribution in [0.5, 0.6) is 5.75 Å². The van der Waals surface area contributed by atoms with Crippen LogP contribution in [0.25, 0.3) is 5.69 Å². The summed E-state index contributed by atoms with van der Waals surface area (Å²) in [7, 11) is 0. The lowest BCUT2D eigenvalue weighted by molar-refractivity contribution is 0.101. The molecule has 1 aliphatic rings. The van der Waals surface area contributed by atoms with Gasteiger partial charge < -0.3 is 10.1 Å². The maximum absolute atomic E-state index is 15.3. The number of fused-ring (bicyclic) bond motifs is 1. The van der Waals surface area contributed by atoms with Gasteiger partial charge in [-0.15, -0.1) is 5.10 Å². The Morgan fingerprint density at radius 2 is 2.03 bits per heavy atom.